The zero-order valence-corrected chi connectivity index (χ0v) is 14.7. The van der Waals surface area contributed by atoms with Crippen molar-refractivity contribution in [3.05, 3.63) is 65.5 Å². The van der Waals surface area contributed by atoms with Gasteiger partial charge in [-0.3, -0.25) is 0 Å². The van der Waals surface area contributed by atoms with Crippen LogP contribution in [0.4, 0.5) is 4.39 Å². The lowest BCUT2D eigenvalue weighted by molar-refractivity contribution is 0.0734. The van der Waals surface area contributed by atoms with Crippen LogP contribution in [0.1, 0.15) is 67.3 Å². The summed E-state index contributed by atoms with van der Waals surface area (Å²) in [5.74, 6) is 1.09. The summed E-state index contributed by atoms with van der Waals surface area (Å²) in [6, 6.07) is 13.2. The molecule has 132 valence electrons. The molecule has 0 amide bonds. The van der Waals surface area contributed by atoms with Gasteiger partial charge in [0.1, 0.15) is 11.6 Å². The van der Waals surface area contributed by atoms with Gasteiger partial charge in [-0.15, -0.1) is 0 Å². The monoisotopic (exact) mass is 340 g/mol. The van der Waals surface area contributed by atoms with Crippen LogP contribution in [0.15, 0.2) is 48.5 Å². The predicted molar refractivity (Wildman–Crippen MR) is 97.4 cm³/mol. The summed E-state index contributed by atoms with van der Waals surface area (Å²) in [4.78, 5) is 12.2. The maximum absolute atomic E-state index is 12.9. The molecule has 1 saturated carbocycles. The lowest BCUT2D eigenvalue weighted by atomic mass is 9.77. The number of benzene rings is 2. The van der Waals surface area contributed by atoms with Crippen molar-refractivity contribution in [3.8, 4) is 5.75 Å². The first-order valence-corrected chi connectivity index (χ1v) is 9.23. The minimum atomic E-state index is -0.412. The summed E-state index contributed by atoms with van der Waals surface area (Å²) in [6.07, 6.45) is 7.73. The molecule has 3 rings (SSSR count). The van der Waals surface area contributed by atoms with Crippen molar-refractivity contribution < 1.29 is 13.9 Å². The van der Waals surface area contributed by atoms with Gasteiger partial charge >= 0.3 is 5.97 Å². The molecule has 0 saturated heterocycles. The molecule has 0 aliphatic heterocycles. The molecule has 0 radical (unpaired) electrons. The summed E-state index contributed by atoms with van der Waals surface area (Å²) in [5, 5.41) is 0. The van der Waals surface area contributed by atoms with Crippen LogP contribution in [0.5, 0.6) is 5.75 Å². The van der Waals surface area contributed by atoms with Gasteiger partial charge in [-0.1, -0.05) is 31.9 Å². The Balaban J connectivity index is 1.58. The lowest BCUT2D eigenvalue weighted by Crippen LogP contribution is -2.13. The topological polar surface area (TPSA) is 26.3 Å². The Morgan fingerprint density at radius 1 is 1.00 bits per heavy atom. The molecule has 3 heteroatoms. The summed E-state index contributed by atoms with van der Waals surface area (Å²) >= 11 is 0. The fourth-order valence-electron chi connectivity index (χ4n) is 3.75. The molecule has 0 aromatic heterocycles. The Morgan fingerprint density at radius 3 is 2.24 bits per heavy atom. The first-order chi connectivity index (χ1) is 12.2. The zero-order chi connectivity index (χ0) is 17.6. The summed E-state index contributed by atoms with van der Waals surface area (Å²) in [6.45, 7) is 2.26. The van der Waals surface area contributed by atoms with Crippen LogP contribution in [0.25, 0.3) is 0 Å². The molecule has 25 heavy (non-hydrogen) atoms. The van der Waals surface area contributed by atoms with E-state index in [1.54, 1.807) is 0 Å². The van der Waals surface area contributed by atoms with Crippen LogP contribution >= 0.6 is 0 Å². The average molecular weight is 340 g/mol. The molecule has 2 aromatic carbocycles. The summed E-state index contributed by atoms with van der Waals surface area (Å²) < 4.78 is 18.2. The van der Waals surface area contributed by atoms with Gasteiger partial charge in [-0.05, 0) is 79.5 Å². The highest BCUT2D eigenvalue weighted by Crippen LogP contribution is 2.37. The van der Waals surface area contributed by atoms with Gasteiger partial charge in [-0.25, -0.2) is 9.18 Å². The zero-order valence-electron chi connectivity index (χ0n) is 14.7. The Bertz CT molecular complexity index is 683. The van der Waals surface area contributed by atoms with E-state index in [1.165, 1.54) is 68.4 Å². The molecule has 0 unspecified atom stereocenters. The van der Waals surface area contributed by atoms with Crippen molar-refractivity contribution in [2.24, 2.45) is 5.92 Å². The van der Waals surface area contributed by atoms with E-state index in [9.17, 15) is 9.18 Å². The molecule has 2 nitrogen and oxygen atoms in total. The van der Waals surface area contributed by atoms with Gasteiger partial charge in [0, 0.05) is 0 Å². The van der Waals surface area contributed by atoms with E-state index in [-0.39, 0.29) is 5.82 Å². The number of hydrogen-bond donors (Lipinski definition) is 0. The van der Waals surface area contributed by atoms with Crippen molar-refractivity contribution in [2.45, 2.75) is 51.4 Å². The van der Waals surface area contributed by atoms with Gasteiger partial charge in [0.15, 0.2) is 0 Å². The van der Waals surface area contributed by atoms with Crippen molar-refractivity contribution in [1.29, 1.82) is 0 Å². The highest BCUT2D eigenvalue weighted by molar-refractivity contribution is 5.91. The third-order valence-corrected chi connectivity index (χ3v) is 5.19. The lowest BCUT2D eigenvalue weighted by Gasteiger charge is -2.28. The van der Waals surface area contributed by atoms with E-state index in [0.717, 1.165) is 5.92 Å². The smallest absolute Gasteiger partial charge is 0.343 e. The van der Waals surface area contributed by atoms with Crippen LogP contribution in [-0.4, -0.2) is 5.97 Å². The van der Waals surface area contributed by atoms with Crippen molar-refractivity contribution in [2.75, 3.05) is 0 Å². The SMILES string of the molecule is CCC[C@H]1CC[C@H](c2ccc(C(=O)Oc3ccc(F)cc3)cc2)CC1. The molecular formula is C22H25FO2. The maximum Gasteiger partial charge on any atom is 0.343 e. The Kier molecular flexibility index (Phi) is 5.85. The fraction of sp³-hybridized carbons (Fsp3) is 0.409. The Hall–Kier alpha value is -2.16. The fourth-order valence-corrected chi connectivity index (χ4v) is 3.75. The normalized spacial score (nSPS) is 20.2. The van der Waals surface area contributed by atoms with Crippen molar-refractivity contribution in [1.82, 2.24) is 0 Å². The van der Waals surface area contributed by atoms with Crippen molar-refractivity contribution in [3.63, 3.8) is 0 Å². The molecule has 2 aromatic rings. The maximum atomic E-state index is 12.9. The molecular weight excluding hydrogens is 315 g/mol. The second-order valence-electron chi connectivity index (χ2n) is 6.97. The van der Waals surface area contributed by atoms with Gasteiger partial charge in [0.05, 0.1) is 5.56 Å². The second-order valence-corrected chi connectivity index (χ2v) is 6.97. The van der Waals surface area contributed by atoms with Crippen molar-refractivity contribution >= 4 is 5.97 Å². The van der Waals surface area contributed by atoms with E-state index >= 15 is 0 Å². The van der Waals surface area contributed by atoms with Crippen LogP contribution in [0, 0.1) is 11.7 Å². The van der Waals surface area contributed by atoms with E-state index in [0.29, 0.717) is 17.2 Å². The number of rotatable bonds is 5. The minimum Gasteiger partial charge on any atom is -0.423 e. The molecule has 0 spiro atoms. The summed E-state index contributed by atoms with van der Waals surface area (Å²) in [7, 11) is 0. The highest BCUT2D eigenvalue weighted by Gasteiger charge is 2.22. The molecule has 1 aliphatic rings. The number of carbonyl (C=O) groups is 1. The molecule has 0 atom stereocenters. The largest absolute Gasteiger partial charge is 0.423 e. The van der Waals surface area contributed by atoms with Gasteiger partial charge in [0.25, 0.3) is 0 Å². The average Bonchev–Trinajstić information content (AvgIpc) is 2.65. The molecule has 1 fully saturated rings. The number of esters is 1. The Morgan fingerprint density at radius 2 is 1.64 bits per heavy atom. The third kappa shape index (κ3) is 4.68. The van der Waals surface area contributed by atoms with Gasteiger partial charge in [0.2, 0.25) is 0 Å². The third-order valence-electron chi connectivity index (χ3n) is 5.19. The van der Waals surface area contributed by atoms with E-state index < -0.39 is 5.97 Å². The number of halogens is 1. The standard InChI is InChI=1S/C22H25FO2/c1-2-3-16-4-6-17(7-5-16)18-8-10-19(11-9-18)22(24)25-21-14-12-20(23)13-15-21/h8-17H,2-7H2,1H3/t16-,17-. The molecule has 0 bridgehead atoms. The summed E-state index contributed by atoms with van der Waals surface area (Å²) in [5.41, 5.74) is 1.83. The number of carbonyl (C=O) groups excluding carboxylic acids is 1. The Labute approximate surface area is 149 Å². The highest BCUT2D eigenvalue weighted by atomic mass is 19.1. The molecule has 0 heterocycles. The van der Waals surface area contributed by atoms with Crippen LogP contribution < -0.4 is 4.74 Å². The quantitative estimate of drug-likeness (QED) is 0.484. The van der Waals surface area contributed by atoms with Crippen LogP contribution in [0.3, 0.4) is 0 Å². The van der Waals surface area contributed by atoms with Crippen LogP contribution in [-0.2, 0) is 0 Å². The molecule has 1 aliphatic carbocycles. The predicted octanol–water partition coefficient (Wildman–Crippen LogP) is 6.12. The minimum absolute atomic E-state index is 0.349. The van der Waals surface area contributed by atoms with E-state index in [4.69, 9.17) is 4.74 Å². The van der Waals surface area contributed by atoms with Gasteiger partial charge < -0.3 is 4.74 Å². The number of ether oxygens (including phenoxy) is 1. The van der Waals surface area contributed by atoms with Crippen LogP contribution in [0.2, 0.25) is 0 Å². The second kappa shape index (κ2) is 8.28. The number of hydrogen-bond acceptors (Lipinski definition) is 2. The first kappa shape index (κ1) is 17.7. The van der Waals surface area contributed by atoms with Gasteiger partial charge in [-0.2, -0.15) is 0 Å². The molecule has 0 N–H and O–H groups in total. The first-order valence-electron chi connectivity index (χ1n) is 9.23. The van der Waals surface area contributed by atoms with E-state index in [2.05, 4.69) is 6.92 Å². The van der Waals surface area contributed by atoms with E-state index in [1.807, 2.05) is 24.3 Å².